The number of pyridine rings is 1. The number of anilines is 2. The molecule has 0 spiro atoms. The summed E-state index contributed by atoms with van der Waals surface area (Å²) < 4.78 is 41.6. The van der Waals surface area contributed by atoms with Crippen molar-refractivity contribution in [3.8, 4) is 5.75 Å². The zero-order valence-electron chi connectivity index (χ0n) is 11.9. The number of nitrogens with one attached hydrogen (secondary N) is 2. The second-order valence-corrected chi connectivity index (χ2v) is 5.95. The van der Waals surface area contributed by atoms with Gasteiger partial charge in [-0.15, -0.1) is 0 Å². The molecule has 0 fully saturated rings. The monoisotopic (exact) mass is 338 g/mol. The molecule has 23 heavy (non-hydrogen) atoms. The van der Waals surface area contributed by atoms with Crippen molar-refractivity contribution in [3.05, 3.63) is 36.5 Å². The molecule has 120 valence electrons. The van der Waals surface area contributed by atoms with Crippen LogP contribution >= 0.6 is 0 Å². The summed E-state index contributed by atoms with van der Waals surface area (Å²) in [6, 6.07) is 8.74. The molecule has 0 amide bonds. The Morgan fingerprint density at radius 1 is 1.30 bits per heavy atom. The average molecular weight is 338 g/mol. The van der Waals surface area contributed by atoms with E-state index >= 15 is 0 Å². The number of aromatic nitrogens is 3. The Labute approximate surface area is 132 Å². The lowest BCUT2D eigenvalue weighted by Gasteiger charge is -2.10. The van der Waals surface area contributed by atoms with Gasteiger partial charge < -0.3 is 10.1 Å². The van der Waals surface area contributed by atoms with Crippen molar-refractivity contribution in [1.29, 1.82) is 0 Å². The lowest BCUT2D eigenvalue weighted by Crippen LogP contribution is -2.05. The fraction of sp³-hybridized carbons (Fsp3) is 0.143. The van der Waals surface area contributed by atoms with E-state index < -0.39 is 16.6 Å². The highest BCUT2D eigenvalue weighted by Gasteiger charge is 2.19. The largest absolute Gasteiger partial charge is 0.493 e. The highest BCUT2D eigenvalue weighted by Crippen LogP contribution is 2.30. The van der Waals surface area contributed by atoms with Crippen LogP contribution in [0.2, 0.25) is 0 Å². The fourth-order valence-electron chi connectivity index (χ4n) is 2.06. The highest BCUT2D eigenvalue weighted by atomic mass is 32.2. The third-order valence-corrected chi connectivity index (χ3v) is 4.16. The van der Waals surface area contributed by atoms with Gasteiger partial charge in [-0.2, -0.15) is 13.9 Å². The van der Waals surface area contributed by atoms with E-state index in [2.05, 4.69) is 20.5 Å². The number of fused-ring (bicyclic) bond motifs is 1. The molecule has 3 aromatic rings. The van der Waals surface area contributed by atoms with Gasteiger partial charge in [-0.05, 0) is 12.1 Å². The first-order chi connectivity index (χ1) is 11.1. The summed E-state index contributed by atoms with van der Waals surface area (Å²) in [7, 11) is -1.07. The molecular formula is C14H12F2N4O2S. The molecule has 1 unspecified atom stereocenters. The van der Waals surface area contributed by atoms with Crippen LogP contribution in [0.1, 0.15) is 0 Å². The Kier molecular flexibility index (Phi) is 4.20. The average Bonchev–Trinajstić information content (AvgIpc) is 2.97. The van der Waals surface area contributed by atoms with Crippen LogP contribution in [0.5, 0.6) is 5.75 Å². The molecule has 1 aromatic carbocycles. The molecule has 2 N–H and O–H groups in total. The van der Waals surface area contributed by atoms with Crippen LogP contribution in [0.4, 0.5) is 20.4 Å². The molecular weight excluding hydrogens is 326 g/mol. The fourth-order valence-corrected chi connectivity index (χ4v) is 2.65. The van der Waals surface area contributed by atoms with Gasteiger partial charge in [0.15, 0.2) is 17.4 Å². The molecule has 2 heterocycles. The number of para-hydroxylation sites is 1. The van der Waals surface area contributed by atoms with Crippen molar-refractivity contribution in [2.24, 2.45) is 0 Å². The summed E-state index contributed by atoms with van der Waals surface area (Å²) >= 11 is 0. The number of methoxy groups -OCH3 is 1. The number of ether oxygens (including phenoxy) is 1. The highest BCUT2D eigenvalue weighted by molar-refractivity contribution is 7.85. The van der Waals surface area contributed by atoms with Crippen LogP contribution < -0.4 is 10.1 Å². The number of halogens is 2. The van der Waals surface area contributed by atoms with Crippen molar-refractivity contribution in [2.45, 2.75) is 10.7 Å². The SMILES string of the molecule is COc1cc(S(=O)C(F)F)cnc1Nc1n[nH]c2ccccc12. The predicted octanol–water partition coefficient (Wildman–Crippen LogP) is 3.04. The first-order valence-electron chi connectivity index (χ1n) is 6.53. The molecule has 0 radical (unpaired) electrons. The van der Waals surface area contributed by atoms with E-state index in [1.807, 2.05) is 24.3 Å². The number of hydrogen-bond donors (Lipinski definition) is 2. The number of aromatic amines is 1. The molecule has 0 aliphatic carbocycles. The van der Waals surface area contributed by atoms with Crippen molar-refractivity contribution >= 4 is 33.3 Å². The van der Waals surface area contributed by atoms with Gasteiger partial charge >= 0.3 is 5.76 Å². The number of hydrogen-bond acceptors (Lipinski definition) is 5. The summed E-state index contributed by atoms with van der Waals surface area (Å²) in [5.41, 5.74) is 0.837. The third-order valence-electron chi connectivity index (χ3n) is 3.15. The van der Waals surface area contributed by atoms with Crippen LogP contribution in [0.25, 0.3) is 10.9 Å². The summed E-state index contributed by atoms with van der Waals surface area (Å²) in [6.45, 7) is 0. The maximum Gasteiger partial charge on any atom is 0.316 e. The number of nitrogens with zero attached hydrogens (tertiary/aromatic N) is 2. The van der Waals surface area contributed by atoms with Crippen LogP contribution in [-0.2, 0) is 10.8 Å². The number of benzene rings is 1. The van der Waals surface area contributed by atoms with E-state index in [1.165, 1.54) is 13.2 Å². The Morgan fingerprint density at radius 2 is 2.09 bits per heavy atom. The maximum atomic E-state index is 12.5. The molecule has 0 bridgehead atoms. The zero-order valence-corrected chi connectivity index (χ0v) is 12.7. The van der Waals surface area contributed by atoms with Crippen LogP contribution in [-0.4, -0.2) is 32.3 Å². The third kappa shape index (κ3) is 3.00. The molecule has 6 nitrogen and oxygen atoms in total. The number of alkyl halides is 2. The van der Waals surface area contributed by atoms with Crippen LogP contribution in [0, 0.1) is 0 Å². The van der Waals surface area contributed by atoms with E-state index in [0.29, 0.717) is 11.6 Å². The first kappa shape index (κ1) is 15.3. The smallest absolute Gasteiger partial charge is 0.316 e. The van der Waals surface area contributed by atoms with Crippen molar-refractivity contribution in [3.63, 3.8) is 0 Å². The molecule has 2 aromatic heterocycles. The standard InChI is InChI=1S/C14H12F2N4O2S/c1-22-11-6-8(23(21)14(15)16)7-17-13(11)18-12-9-4-2-3-5-10(9)19-20-12/h2-7,14H,1H3,(H2,17,18,19,20). The summed E-state index contributed by atoms with van der Waals surface area (Å²) in [6.07, 6.45) is 1.13. The summed E-state index contributed by atoms with van der Waals surface area (Å²) in [5.74, 6) is -1.96. The Balaban J connectivity index is 1.95. The summed E-state index contributed by atoms with van der Waals surface area (Å²) in [4.78, 5) is 3.92. The van der Waals surface area contributed by atoms with E-state index in [9.17, 15) is 13.0 Å². The molecule has 3 rings (SSSR count). The normalized spacial score (nSPS) is 12.5. The van der Waals surface area contributed by atoms with Gasteiger partial charge in [-0.3, -0.25) is 5.10 Å². The molecule has 0 saturated heterocycles. The molecule has 9 heteroatoms. The van der Waals surface area contributed by atoms with Crippen molar-refractivity contribution < 1.29 is 17.7 Å². The first-order valence-corrected chi connectivity index (χ1v) is 7.74. The minimum atomic E-state index is -2.98. The second kappa shape index (κ2) is 6.29. The van der Waals surface area contributed by atoms with Crippen LogP contribution in [0.3, 0.4) is 0 Å². The van der Waals surface area contributed by atoms with Gasteiger partial charge in [0.25, 0.3) is 0 Å². The van der Waals surface area contributed by atoms with Gasteiger partial charge in [-0.1, -0.05) is 12.1 Å². The van der Waals surface area contributed by atoms with E-state index in [0.717, 1.165) is 17.1 Å². The van der Waals surface area contributed by atoms with Crippen molar-refractivity contribution in [1.82, 2.24) is 15.2 Å². The maximum absolute atomic E-state index is 12.5. The second-order valence-electron chi connectivity index (χ2n) is 4.52. The van der Waals surface area contributed by atoms with E-state index in [1.54, 1.807) is 0 Å². The minimum absolute atomic E-state index is 0.103. The predicted molar refractivity (Wildman–Crippen MR) is 82.6 cm³/mol. The summed E-state index contributed by atoms with van der Waals surface area (Å²) in [5, 5.41) is 10.8. The van der Waals surface area contributed by atoms with Gasteiger partial charge in [-0.25, -0.2) is 9.19 Å². The quantitative estimate of drug-likeness (QED) is 0.747. The lowest BCUT2D eigenvalue weighted by molar-refractivity contribution is 0.244. The molecule has 0 aliphatic rings. The Hall–Kier alpha value is -2.55. The zero-order chi connectivity index (χ0) is 16.4. The Bertz CT molecular complexity index is 869. The van der Waals surface area contributed by atoms with Gasteiger partial charge in [0.1, 0.15) is 10.8 Å². The number of rotatable bonds is 5. The van der Waals surface area contributed by atoms with Crippen LogP contribution in [0.15, 0.2) is 41.4 Å². The topological polar surface area (TPSA) is 79.9 Å². The van der Waals surface area contributed by atoms with Crippen molar-refractivity contribution in [2.75, 3.05) is 12.4 Å². The van der Waals surface area contributed by atoms with Gasteiger partial charge in [0, 0.05) is 17.6 Å². The minimum Gasteiger partial charge on any atom is -0.493 e. The molecule has 1 atom stereocenters. The molecule has 0 saturated carbocycles. The van der Waals surface area contributed by atoms with Gasteiger partial charge in [0.05, 0.1) is 17.5 Å². The van der Waals surface area contributed by atoms with Gasteiger partial charge in [0.2, 0.25) is 0 Å². The Morgan fingerprint density at radius 3 is 2.83 bits per heavy atom. The van der Waals surface area contributed by atoms with E-state index in [-0.39, 0.29) is 10.6 Å². The van der Waals surface area contributed by atoms with E-state index in [4.69, 9.17) is 4.74 Å². The number of H-pyrrole nitrogens is 1. The lowest BCUT2D eigenvalue weighted by atomic mass is 10.2. The molecule has 0 aliphatic heterocycles.